The van der Waals surface area contributed by atoms with Gasteiger partial charge in [0.05, 0.1) is 16.7 Å². The number of hydrogen-bond acceptors (Lipinski definition) is 12. The second kappa shape index (κ2) is 22.1. The van der Waals surface area contributed by atoms with Gasteiger partial charge in [-0.3, -0.25) is 0 Å². The van der Waals surface area contributed by atoms with Gasteiger partial charge in [-0.15, -0.1) is 22.7 Å². The molecule has 0 fully saturated rings. The van der Waals surface area contributed by atoms with Crippen LogP contribution in [0.5, 0.6) is 0 Å². The number of fused-ring (bicyclic) bond motifs is 18. The minimum absolute atomic E-state index is 0.491. The van der Waals surface area contributed by atoms with Gasteiger partial charge in [0.2, 0.25) is 0 Å². The number of benzene rings is 14. The largest absolute Gasteiger partial charge is 0.456 e. The minimum atomic E-state index is 0.491. The molecule has 474 valence electrons. The Labute approximate surface area is 587 Å². The lowest BCUT2D eigenvalue weighted by molar-refractivity contribution is 0.668. The topological polar surface area (TPSA) is 130 Å². The Morgan fingerprint density at radius 2 is 0.559 bits per heavy atom. The summed E-state index contributed by atoms with van der Waals surface area (Å²) < 4.78 is 32.4. The lowest BCUT2D eigenvalue weighted by Gasteiger charge is -2.09. The fraction of sp³-hybridized carbons (Fsp3) is 0. The third kappa shape index (κ3) is 8.76. The summed E-state index contributed by atoms with van der Waals surface area (Å²) in [6.07, 6.45) is 0. The molecule has 22 aromatic rings. The van der Waals surface area contributed by atoms with E-state index in [4.69, 9.17) is 47.6 Å². The number of hydrogen-bond donors (Lipinski definition) is 0. The van der Waals surface area contributed by atoms with E-state index in [1.807, 2.05) is 114 Å². The van der Waals surface area contributed by atoms with Crippen LogP contribution in [0.3, 0.4) is 0 Å². The molecule has 0 amide bonds. The zero-order chi connectivity index (χ0) is 66.7. The average molecular weight is 1340 g/mol. The molecule has 0 saturated carbocycles. The number of furan rings is 4. The highest BCUT2D eigenvalue weighted by Gasteiger charge is 2.26. The summed E-state index contributed by atoms with van der Waals surface area (Å²) in [6.45, 7) is 0. The lowest BCUT2D eigenvalue weighted by atomic mass is 9.98. The Balaban J connectivity index is 0.625. The summed E-state index contributed by atoms with van der Waals surface area (Å²) in [4.78, 5) is 31.3. The molecule has 0 saturated heterocycles. The molecule has 8 heterocycles. The first-order chi connectivity index (χ1) is 50.5. The Bertz CT molecular complexity index is 7290. The van der Waals surface area contributed by atoms with E-state index in [1.165, 1.54) is 40.3 Å². The van der Waals surface area contributed by atoms with Crippen LogP contribution in [0.2, 0.25) is 0 Å². The molecule has 0 aliphatic carbocycles. The van der Waals surface area contributed by atoms with Gasteiger partial charge in [0.1, 0.15) is 44.7 Å². The van der Waals surface area contributed by atoms with Gasteiger partial charge in [-0.25, -0.2) is 29.9 Å². The van der Waals surface area contributed by atoms with Gasteiger partial charge in [0.25, 0.3) is 0 Å². The first-order valence-electron chi connectivity index (χ1n) is 33.8. The van der Waals surface area contributed by atoms with E-state index in [9.17, 15) is 0 Å². The van der Waals surface area contributed by atoms with Crippen LogP contribution in [-0.4, -0.2) is 29.9 Å². The van der Waals surface area contributed by atoms with E-state index in [-0.39, 0.29) is 0 Å². The van der Waals surface area contributed by atoms with Crippen LogP contribution in [0.25, 0.3) is 230 Å². The molecule has 22 rings (SSSR count). The van der Waals surface area contributed by atoms with Crippen molar-refractivity contribution in [2.24, 2.45) is 0 Å². The van der Waals surface area contributed by atoms with Gasteiger partial charge in [0, 0.05) is 122 Å². The molecule has 0 radical (unpaired) electrons. The summed E-state index contributed by atoms with van der Waals surface area (Å²) in [7, 11) is 0. The molecule has 0 atom stereocenters. The normalized spacial score (nSPS) is 12.1. The standard InChI is InChI=1S/C90H48N6O4S2/c1-3-18-49(19-4-1)85-91-87(53-41-43-55-54-22-7-9-38-73(54)97-75(55)47-53)95-88(92-85)70-36-13-26-60-58-25-12-29-63(79(58)99-81(60)70)68-34-17-32-66-57-44-40-52(48-77(57)102-84(66)68)51-42-45-74-72(46-51)64-30-15-35-69(80(64)98-74)89-93-86(50-20-5-2-6-21-50)94-90(96-89)71-37-14-27-61-59-24-11-28-62(78(59)100-82(61)71)67-33-16-31-65-56-23-8-10-39-76(56)101-83(65)67/h1-48H. The number of rotatable bonds is 9. The monoisotopic (exact) mass is 1340 g/mol. The van der Waals surface area contributed by atoms with Crippen LogP contribution in [0.4, 0.5) is 0 Å². The molecule has 0 aliphatic heterocycles. The summed E-state index contributed by atoms with van der Waals surface area (Å²) in [5.74, 6) is 3.13. The fourth-order valence-corrected chi connectivity index (χ4v) is 17.8. The van der Waals surface area contributed by atoms with Crippen molar-refractivity contribution in [2.45, 2.75) is 0 Å². The third-order valence-corrected chi connectivity index (χ3v) is 22.5. The Morgan fingerprint density at radius 3 is 1.15 bits per heavy atom. The van der Waals surface area contributed by atoms with Gasteiger partial charge >= 0.3 is 0 Å². The molecule has 14 aromatic carbocycles. The van der Waals surface area contributed by atoms with E-state index < -0.39 is 0 Å². The van der Waals surface area contributed by atoms with Crippen LogP contribution >= 0.6 is 22.7 Å². The molecule has 102 heavy (non-hydrogen) atoms. The van der Waals surface area contributed by atoms with Crippen molar-refractivity contribution in [3.05, 3.63) is 291 Å². The molecule has 0 unspecified atom stereocenters. The van der Waals surface area contributed by atoms with Crippen LogP contribution in [0, 0.1) is 0 Å². The van der Waals surface area contributed by atoms with Crippen LogP contribution in [-0.2, 0) is 0 Å². The maximum Gasteiger partial charge on any atom is 0.167 e. The number of nitrogens with zero attached hydrogens (tertiary/aromatic N) is 6. The van der Waals surface area contributed by atoms with Crippen molar-refractivity contribution < 1.29 is 17.7 Å². The molecular formula is C90H48N6O4S2. The summed E-state index contributed by atoms with van der Waals surface area (Å²) in [5, 5.41) is 12.9. The summed E-state index contributed by atoms with van der Waals surface area (Å²) in [5.41, 5.74) is 17.4. The molecule has 12 heteroatoms. The number of aromatic nitrogens is 6. The van der Waals surface area contributed by atoms with Crippen LogP contribution < -0.4 is 0 Å². The molecule has 0 aliphatic rings. The summed E-state index contributed by atoms with van der Waals surface area (Å²) in [6, 6.07) is 101. The lowest BCUT2D eigenvalue weighted by Crippen LogP contribution is -2.00. The van der Waals surface area contributed by atoms with E-state index in [0.717, 1.165) is 138 Å². The van der Waals surface area contributed by atoms with Crippen molar-refractivity contribution in [1.82, 2.24) is 29.9 Å². The van der Waals surface area contributed by atoms with Gasteiger partial charge in [-0.1, -0.05) is 231 Å². The Hall–Kier alpha value is -13.3. The Morgan fingerprint density at radius 1 is 0.186 bits per heavy atom. The quantitative estimate of drug-likeness (QED) is 0.138. The van der Waals surface area contributed by atoms with Crippen molar-refractivity contribution in [2.75, 3.05) is 0 Å². The van der Waals surface area contributed by atoms with Gasteiger partial charge in [-0.2, -0.15) is 0 Å². The maximum absolute atomic E-state index is 7.17. The molecular weight excluding hydrogens is 1290 g/mol. The molecule has 0 N–H and O–H groups in total. The van der Waals surface area contributed by atoms with Crippen molar-refractivity contribution >= 4 is 151 Å². The predicted octanol–water partition coefficient (Wildman–Crippen LogP) is 25.4. The fourth-order valence-electron chi connectivity index (χ4n) is 15.3. The van der Waals surface area contributed by atoms with Gasteiger partial charge in [0.15, 0.2) is 34.9 Å². The molecule has 10 nitrogen and oxygen atoms in total. The second-order valence-corrected chi connectivity index (χ2v) is 28.0. The Kier molecular flexibility index (Phi) is 12.3. The number of thiophene rings is 2. The van der Waals surface area contributed by atoms with Crippen LogP contribution in [0.15, 0.2) is 309 Å². The molecule has 0 spiro atoms. The first-order valence-corrected chi connectivity index (χ1v) is 35.4. The zero-order valence-corrected chi connectivity index (χ0v) is 55.5. The van der Waals surface area contributed by atoms with E-state index >= 15 is 0 Å². The molecule has 0 bridgehead atoms. The minimum Gasteiger partial charge on any atom is -0.456 e. The molecule has 8 aromatic heterocycles. The predicted molar refractivity (Wildman–Crippen MR) is 417 cm³/mol. The highest BCUT2D eigenvalue weighted by molar-refractivity contribution is 7.26. The van der Waals surface area contributed by atoms with E-state index in [0.29, 0.717) is 51.7 Å². The first kappa shape index (κ1) is 56.7. The SMILES string of the molecule is c1ccc(-c2nc(-c3ccc4c(c3)oc3ccccc34)nc(-c3cccc4c3oc3c(-c5cccc6c5sc5cc(-c7ccc8oc9c(-c%10nc(-c%11ccccc%11)nc(-c%11cccc%12c%11oc%11c(-c%13cccc%14c%13sc%13ccccc%13%14)cccc%11%12)n%10)cccc9c8c7)ccc56)cccc34)n2)cc1. The maximum atomic E-state index is 7.17. The number of para-hydroxylation sites is 6. The second-order valence-electron chi connectivity index (χ2n) is 25.9. The van der Waals surface area contributed by atoms with Crippen molar-refractivity contribution in [1.29, 1.82) is 0 Å². The van der Waals surface area contributed by atoms with Crippen LogP contribution in [0.1, 0.15) is 0 Å². The van der Waals surface area contributed by atoms with E-state index in [2.05, 4.69) is 188 Å². The van der Waals surface area contributed by atoms with Crippen molar-refractivity contribution in [3.63, 3.8) is 0 Å². The average Bonchev–Trinajstić information content (AvgIpc) is 1.58. The smallest absolute Gasteiger partial charge is 0.167 e. The summed E-state index contributed by atoms with van der Waals surface area (Å²) >= 11 is 3.61. The van der Waals surface area contributed by atoms with E-state index in [1.54, 1.807) is 11.3 Å². The third-order valence-electron chi connectivity index (χ3n) is 20.1. The van der Waals surface area contributed by atoms with Gasteiger partial charge < -0.3 is 17.7 Å². The highest BCUT2D eigenvalue weighted by Crippen LogP contribution is 2.49. The van der Waals surface area contributed by atoms with Gasteiger partial charge in [-0.05, 0) is 71.8 Å². The zero-order valence-electron chi connectivity index (χ0n) is 53.8. The highest BCUT2D eigenvalue weighted by atomic mass is 32.1. The van der Waals surface area contributed by atoms with Crippen molar-refractivity contribution in [3.8, 4) is 102 Å².